The lowest BCUT2D eigenvalue weighted by molar-refractivity contribution is 0.0544. The monoisotopic (exact) mass is 519 g/mol. The van der Waals surface area contributed by atoms with Gasteiger partial charge in [0.05, 0.1) is 23.1 Å². The number of amides is 1. The average Bonchev–Trinajstić information content (AvgIpc) is 3.21. The topological polar surface area (TPSA) is 99.4 Å². The molecule has 0 aliphatic carbocycles. The van der Waals surface area contributed by atoms with Gasteiger partial charge in [-0.25, -0.2) is 23.5 Å². The van der Waals surface area contributed by atoms with Crippen molar-refractivity contribution in [1.82, 2.24) is 19.5 Å². The van der Waals surface area contributed by atoms with Crippen molar-refractivity contribution in [2.75, 3.05) is 11.9 Å². The molecule has 4 aromatic rings. The van der Waals surface area contributed by atoms with Gasteiger partial charge in [-0.05, 0) is 65.8 Å². The molecule has 1 amide bonds. The maximum atomic E-state index is 15.4. The van der Waals surface area contributed by atoms with Crippen molar-refractivity contribution in [3.63, 3.8) is 0 Å². The molecule has 38 heavy (non-hydrogen) atoms. The van der Waals surface area contributed by atoms with Gasteiger partial charge in [-0.15, -0.1) is 0 Å². The van der Waals surface area contributed by atoms with Crippen LogP contribution in [0.2, 0.25) is 0 Å². The third kappa shape index (κ3) is 5.80. The normalized spacial score (nSPS) is 11.9. The van der Waals surface area contributed by atoms with E-state index in [0.29, 0.717) is 22.6 Å². The SMILES string of the molecule is CN(C(=O)OC(C)(C)C)c1ccc(-c2cnc(-c3cc4ccncc4n3C(=O)OC(C)(C)C)cc2F)cn1. The zero-order valence-electron chi connectivity index (χ0n) is 22.4. The Balaban J connectivity index is 1.66. The number of halogens is 1. The average molecular weight is 520 g/mol. The minimum atomic E-state index is -0.730. The van der Waals surface area contributed by atoms with Crippen LogP contribution in [0, 0.1) is 5.82 Å². The summed E-state index contributed by atoms with van der Waals surface area (Å²) in [5, 5.41) is 0.737. The maximum Gasteiger partial charge on any atom is 0.419 e. The summed E-state index contributed by atoms with van der Waals surface area (Å²) in [6.07, 6.45) is 4.84. The van der Waals surface area contributed by atoms with E-state index in [4.69, 9.17) is 9.47 Å². The minimum Gasteiger partial charge on any atom is -0.443 e. The second kappa shape index (κ2) is 9.85. The molecule has 0 N–H and O–H groups in total. The molecule has 0 aliphatic heterocycles. The Bertz CT molecular complexity index is 1500. The molecule has 0 fully saturated rings. The number of ether oxygens (including phenoxy) is 2. The van der Waals surface area contributed by atoms with Crippen molar-refractivity contribution in [3.05, 3.63) is 60.9 Å². The lowest BCUT2D eigenvalue weighted by atomic mass is 10.1. The van der Waals surface area contributed by atoms with Gasteiger partial charge >= 0.3 is 12.2 Å². The molecule has 0 spiro atoms. The highest BCUT2D eigenvalue weighted by molar-refractivity contribution is 5.95. The van der Waals surface area contributed by atoms with Gasteiger partial charge in [0.15, 0.2) is 0 Å². The van der Waals surface area contributed by atoms with E-state index in [1.54, 1.807) is 85.2 Å². The number of hydrogen-bond donors (Lipinski definition) is 0. The number of carbonyl (C=O) groups is 2. The molecule has 4 rings (SSSR count). The zero-order valence-corrected chi connectivity index (χ0v) is 22.4. The third-order valence-electron chi connectivity index (χ3n) is 5.37. The molecule has 0 unspecified atom stereocenters. The van der Waals surface area contributed by atoms with Crippen LogP contribution in [0.4, 0.5) is 19.8 Å². The summed E-state index contributed by atoms with van der Waals surface area (Å²) in [7, 11) is 1.55. The summed E-state index contributed by atoms with van der Waals surface area (Å²) in [6, 6.07) is 8.00. The lowest BCUT2D eigenvalue weighted by Gasteiger charge is -2.24. The van der Waals surface area contributed by atoms with Crippen LogP contribution >= 0.6 is 0 Å². The fraction of sp³-hybridized carbons (Fsp3) is 0.321. The van der Waals surface area contributed by atoms with Crippen LogP contribution in [0.1, 0.15) is 41.5 Å². The first kappa shape index (κ1) is 26.7. The largest absolute Gasteiger partial charge is 0.443 e. The van der Waals surface area contributed by atoms with Gasteiger partial charge in [0.2, 0.25) is 0 Å². The van der Waals surface area contributed by atoms with Gasteiger partial charge in [0.25, 0.3) is 0 Å². The maximum absolute atomic E-state index is 15.4. The van der Waals surface area contributed by atoms with E-state index in [9.17, 15) is 9.59 Å². The molecule has 0 aliphatic rings. The van der Waals surface area contributed by atoms with E-state index in [1.165, 1.54) is 27.9 Å². The summed E-state index contributed by atoms with van der Waals surface area (Å²) in [6.45, 7) is 10.6. The molecule has 198 valence electrons. The van der Waals surface area contributed by atoms with Gasteiger partial charge in [-0.3, -0.25) is 14.9 Å². The number of fused-ring (bicyclic) bond motifs is 1. The van der Waals surface area contributed by atoms with Gasteiger partial charge < -0.3 is 9.47 Å². The Hall–Kier alpha value is -4.34. The van der Waals surface area contributed by atoms with Crippen molar-refractivity contribution in [1.29, 1.82) is 0 Å². The Morgan fingerprint density at radius 1 is 0.921 bits per heavy atom. The molecular formula is C28H30FN5O4. The van der Waals surface area contributed by atoms with Crippen molar-refractivity contribution in [2.24, 2.45) is 0 Å². The van der Waals surface area contributed by atoms with Crippen molar-refractivity contribution in [3.8, 4) is 22.5 Å². The number of pyridine rings is 3. The van der Waals surface area contributed by atoms with Gasteiger partial charge in [0.1, 0.15) is 22.8 Å². The van der Waals surface area contributed by atoms with E-state index in [-0.39, 0.29) is 11.3 Å². The van der Waals surface area contributed by atoms with Crippen LogP contribution < -0.4 is 4.90 Å². The van der Waals surface area contributed by atoms with Gasteiger partial charge in [0, 0.05) is 48.2 Å². The minimum absolute atomic E-state index is 0.217. The van der Waals surface area contributed by atoms with Crippen molar-refractivity contribution >= 4 is 28.9 Å². The molecule has 0 aromatic carbocycles. The number of rotatable bonds is 3. The van der Waals surface area contributed by atoms with Crippen LogP contribution in [-0.2, 0) is 9.47 Å². The third-order valence-corrected chi connectivity index (χ3v) is 5.37. The highest BCUT2D eigenvalue weighted by atomic mass is 19.1. The second-order valence-corrected chi connectivity index (χ2v) is 10.8. The Labute approximate surface area is 220 Å². The Kier molecular flexibility index (Phi) is 6.92. The molecule has 4 aromatic heterocycles. The van der Waals surface area contributed by atoms with Crippen molar-refractivity contribution < 1.29 is 23.5 Å². The second-order valence-electron chi connectivity index (χ2n) is 10.8. The summed E-state index contributed by atoms with van der Waals surface area (Å²) < 4.78 is 27.6. The van der Waals surface area contributed by atoms with E-state index < -0.39 is 29.2 Å². The molecule has 0 bridgehead atoms. The summed E-state index contributed by atoms with van der Waals surface area (Å²) in [4.78, 5) is 39.5. The zero-order chi connectivity index (χ0) is 27.8. The predicted molar refractivity (Wildman–Crippen MR) is 142 cm³/mol. The quantitative estimate of drug-likeness (QED) is 0.306. The van der Waals surface area contributed by atoms with Gasteiger partial charge in [-0.1, -0.05) is 0 Å². The molecule has 0 saturated heterocycles. The number of hydrogen-bond acceptors (Lipinski definition) is 7. The van der Waals surface area contributed by atoms with Crippen LogP contribution in [0.25, 0.3) is 33.4 Å². The van der Waals surface area contributed by atoms with Crippen LogP contribution in [0.3, 0.4) is 0 Å². The first-order valence-electron chi connectivity index (χ1n) is 12.0. The molecule has 0 saturated carbocycles. The van der Waals surface area contributed by atoms with E-state index in [0.717, 1.165) is 5.39 Å². The first-order valence-corrected chi connectivity index (χ1v) is 12.0. The Morgan fingerprint density at radius 2 is 1.63 bits per heavy atom. The van der Waals surface area contributed by atoms with E-state index in [1.807, 2.05) is 0 Å². The lowest BCUT2D eigenvalue weighted by Crippen LogP contribution is -2.34. The van der Waals surface area contributed by atoms with Crippen molar-refractivity contribution in [2.45, 2.75) is 52.7 Å². The summed E-state index contributed by atoms with van der Waals surface area (Å²) >= 11 is 0. The summed E-state index contributed by atoms with van der Waals surface area (Å²) in [5.41, 5.74) is 0.466. The predicted octanol–water partition coefficient (Wildman–Crippen LogP) is 6.45. The standard InChI is InChI=1S/C28H30FN5O4/c1-27(2,3)37-25(35)33(7)24-9-8-18(14-32-24)19-15-31-21(13-20(19)29)22-12-17-10-11-30-16-23(17)34(22)26(36)38-28(4,5)6/h8-16H,1-7H3. The highest BCUT2D eigenvalue weighted by Gasteiger charge is 2.25. The van der Waals surface area contributed by atoms with Gasteiger partial charge in [-0.2, -0.15) is 0 Å². The van der Waals surface area contributed by atoms with Crippen LogP contribution in [0.15, 0.2) is 55.1 Å². The summed E-state index contributed by atoms with van der Waals surface area (Å²) in [5.74, 6) is -0.201. The van der Waals surface area contributed by atoms with Crippen LogP contribution in [0.5, 0.6) is 0 Å². The molecule has 9 nitrogen and oxygen atoms in total. The molecular weight excluding hydrogens is 489 g/mol. The highest BCUT2D eigenvalue weighted by Crippen LogP contribution is 2.31. The number of nitrogens with zero attached hydrogens (tertiary/aromatic N) is 5. The van der Waals surface area contributed by atoms with E-state index in [2.05, 4.69) is 15.0 Å². The molecule has 10 heteroatoms. The Morgan fingerprint density at radius 3 is 2.24 bits per heavy atom. The van der Waals surface area contributed by atoms with Crippen LogP contribution in [-0.4, -0.2) is 50.0 Å². The molecule has 0 atom stereocenters. The first-order chi connectivity index (χ1) is 17.7. The fourth-order valence-corrected chi connectivity index (χ4v) is 3.69. The number of anilines is 1. The number of carbonyl (C=O) groups excluding carboxylic acids is 2. The molecule has 0 radical (unpaired) electrons. The smallest absolute Gasteiger partial charge is 0.419 e. The fourth-order valence-electron chi connectivity index (χ4n) is 3.69. The molecule has 4 heterocycles. The number of aromatic nitrogens is 4. The van der Waals surface area contributed by atoms with E-state index >= 15 is 4.39 Å².